The van der Waals surface area contributed by atoms with E-state index in [0.29, 0.717) is 27.5 Å². The normalized spacial score (nSPS) is 27.0. The van der Waals surface area contributed by atoms with Crippen LogP contribution in [0, 0.1) is 5.92 Å². The Kier molecular flexibility index (Phi) is 5.65. The number of nitrogens with zero attached hydrogens (tertiary/aromatic N) is 2. The van der Waals surface area contributed by atoms with Gasteiger partial charge in [-0.3, -0.25) is 0 Å². The Hall–Kier alpha value is 0.0600. The Labute approximate surface area is 138 Å². The molecule has 2 heterocycles. The molecule has 2 rings (SSSR count). The van der Waals surface area contributed by atoms with Crippen LogP contribution in [0.25, 0.3) is 0 Å². The van der Waals surface area contributed by atoms with Gasteiger partial charge < -0.3 is 5.73 Å². The van der Waals surface area contributed by atoms with Crippen molar-refractivity contribution in [1.82, 2.24) is 9.97 Å². The summed E-state index contributed by atoms with van der Waals surface area (Å²) in [6, 6.07) is 0. The highest BCUT2D eigenvalue weighted by atomic mass is 79.9. The molecular formula is C14H22BrN3S2. The summed E-state index contributed by atoms with van der Waals surface area (Å²) in [7, 11) is 0. The Morgan fingerprint density at radius 1 is 1.30 bits per heavy atom. The van der Waals surface area contributed by atoms with Crippen molar-refractivity contribution in [2.24, 2.45) is 5.92 Å². The molecule has 1 saturated heterocycles. The largest absolute Gasteiger partial charge is 0.383 e. The number of halogens is 1. The number of hydrogen-bond acceptors (Lipinski definition) is 5. The molecule has 20 heavy (non-hydrogen) atoms. The first-order valence-electron chi connectivity index (χ1n) is 6.97. The Morgan fingerprint density at radius 3 is 2.60 bits per heavy atom. The molecule has 0 aromatic carbocycles. The monoisotopic (exact) mass is 375 g/mol. The summed E-state index contributed by atoms with van der Waals surface area (Å²) in [5.74, 6) is 3.10. The van der Waals surface area contributed by atoms with E-state index in [1.807, 2.05) is 23.5 Å². The zero-order valence-corrected chi connectivity index (χ0v) is 15.6. The number of hydrogen-bond donors (Lipinski definition) is 1. The van der Waals surface area contributed by atoms with Crippen LogP contribution >= 0.6 is 39.5 Å². The second kappa shape index (κ2) is 6.88. The third-order valence-corrected chi connectivity index (χ3v) is 7.65. The molecule has 6 heteroatoms. The van der Waals surface area contributed by atoms with Crippen molar-refractivity contribution in [3.8, 4) is 0 Å². The Morgan fingerprint density at radius 2 is 2.00 bits per heavy atom. The minimum atomic E-state index is 0.354. The maximum absolute atomic E-state index is 6.05. The highest BCUT2D eigenvalue weighted by molar-refractivity contribution is 9.10. The minimum absolute atomic E-state index is 0.354. The van der Waals surface area contributed by atoms with Gasteiger partial charge in [0.2, 0.25) is 0 Å². The van der Waals surface area contributed by atoms with Gasteiger partial charge >= 0.3 is 0 Å². The lowest BCUT2D eigenvalue weighted by molar-refractivity contribution is 0.628. The predicted molar refractivity (Wildman–Crippen MR) is 94.4 cm³/mol. The molecule has 0 spiro atoms. The molecule has 2 N–H and O–H groups in total. The van der Waals surface area contributed by atoms with E-state index >= 15 is 0 Å². The van der Waals surface area contributed by atoms with Gasteiger partial charge in [-0.25, -0.2) is 9.97 Å². The first-order chi connectivity index (χ1) is 9.38. The average Bonchev–Trinajstić information content (AvgIpc) is 2.37. The highest BCUT2D eigenvalue weighted by Gasteiger charge is 2.29. The van der Waals surface area contributed by atoms with E-state index in [4.69, 9.17) is 10.7 Å². The molecule has 1 aromatic heterocycles. The van der Waals surface area contributed by atoms with Crippen LogP contribution < -0.4 is 5.73 Å². The van der Waals surface area contributed by atoms with Gasteiger partial charge in [0, 0.05) is 16.3 Å². The van der Waals surface area contributed by atoms with Crippen molar-refractivity contribution < 1.29 is 0 Å². The Bertz CT molecular complexity index is 482. The molecule has 0 aliphatic carbocycles. The lowest BCUT2D eigenvalue weighted by Gasteiger charge is -2.30. The number of nitrogen functional groups attached to an aromatic ring is 1. The first-order valence-corrected chi connectivity index (χ1v) is 9.75. The Balaban J connectivity index is 2.26. The molecule has 112 valence electrons. The van der Waals surface area contributed by atoms with E-state index in [1.54, 1.807) is 0 Å². The van der Waals surface area contributed by atoms with Crippen LogP contribution in [0.3, 0.4) is 0 Å². The maximum Gasteiger partial charge on any atom is 0.144 e. The number of anilines is 1. The molecule has 1 aromatic rings. The highest BCUT2D eigenvalue weighted by Crippen LogP contribution is 2.43. The van der Waals surface area contributed by atoms with Crippen molar-refractivity contribution in [3.63, 3.8) is 0 Å². The molecule has 1 aliphatic heterocycles. The zero-order chi connectivity index (χ0) is 14.9. The smallest absolute Gasteiger partial charge is 0.144 e. The average molecular weight is 376 g/mol. The van der Waals surface area contributed by atoms with E-state index in [9.17, 15) is 0 Å². The summed E-state index contributed by atoms with van der Waals surface area (Å²) in [5.41, 5.74) is 7.09. The first kappa shape index (κ1) is 16.4. The molecule has 0 saturated carbocycles. The summed E-state index contributed by atoms with van der Waals surface area (Å²) in [6.45, 7) is 8.96. The SMILES string of the molecule is CC(C)Cc1nc(C2CSC(C)C(C)S2)nc(N)c1Br. The van der Waals surface area contributed by atoms with Crippen molar-refractivity contribution in [3.05, 3.63) is 16.0 Å². The van der Waals surface area contributed by atoms with E-state index < -0.39 is 0 Å². The van der Waals surface area contributed by atoms with Gasteiger partial charge in [-0.15, -0.1) is 11.8 Å². The molecule has 3 nitrogen and oxygen atoms in total. The fraction of sp³-hybridized carbons (Fsp3) is 0.714. The second-order valence-electron chi connectivity index (χ2n) is 5.69. The lowest BCUT2D eigenvalue weighted by atomic mass is 10.1. The molecule has 0 radical (unpaired) electrons. The summed E-state index contributed by atoms with van der Waals surface area (Å²) in [6.07, 6.45) is 0.927. The molecule has 3 atom stereocenters. The van der Waals surface area contributed by atoms with Crippen LogP contribution in [0.4, 0.5) is 5.82 Å². The topological polar surface area (TPSA) is 51.8 Å². The summed E-state index contributed by atoms with van der Waals surface area (Å²) in [4.78, 5) is 9.29. The summed E-state index contributed by atoms with van der Waals surface area (Å²) < 4.78 is 0.866. The lowest BCUT2D eigenvalue weighted by Crippen LogP contribution is -2.23. The van der Waals surface area contributed by atoms with Crippen molar-refractivity contribution in [2.45, 2.75) is 49.9 Å². The molecule has 1 aliphatic rings. The molecule has 0 bridgehead atoms. The molecule has 3 unspecified atom stereocenters. The standard InChI is InChI=1S/C14H22BrN3S2/c1-7(2)5-10-12(15)13(16)18-14(17-10)11-6-19-8(3)9(4)20-11/h7-9,11H,5-6H2,1-4H3,(H2,16,17,18). The van der Waals surface area contributed by atoms with E-state index in [1.165, 1.54) is 0 Å². The van der Waals surface area contributed by atoms with E-state index in [2.05, 4.69) is 48.6 Å². The van der Waals surface area contributed by atoms with E-state index in [-0.39, 0.29) is 0 Å². The fourth-order valence-electron chi connectivity index (χ4n) is 2.12. The zero-order valence-electron chi connectivity index (χ0n) is 12.4. The van der Waals surface area contributed by atoms with Crippen LogP contribution in [-0.4, -0.2) is 26.2 Å². The summed E-state index contributed by atoms with van der Waals surface area (Å²) >= 11 is 7.50. The van der Waals surface area contributed by atoms with Gasteiger partial charge in [0.1, 0.15) is 11.6 Å². The number of aromatic nitrogens is 2. The van der Waals surface area contributed by atoms with Crippen LogP contribution in [-0.2, 0) is 6.42 Å². The number of rotatable bonds is 3. The number of thioether (sulfide) groups is 2. The van der Waals surface area contributed by atoms with Gasteiger partial charge in [-0.2, -0.15) is 11.8 Å². The van der Waals surface area contributed by atoms with Crippen LogP contribution in [0.15, 0.2) is 4.47 Å². The minimum Gasteiger partial charge on any atom is -0.383 e. The fourth-order valence-corrected chi connectivity index (χ4v) is 5.30. The molecule has 1 fully saturated rings. The van der Waals surface area contributed by atoms with Crippen LogP contribution in [0.5, 0.6) is 0 Å². The molecular weight excluding hydrogens is 354 g/mol. The summed E-state index contributed by atoms with van der Waals surface area (Å²) in [5, 5.41) is 1.67. The second-order valence-corrected chi connectivity index (χ2v) is 9.48. The van der Waals surface area contributed by atoms with Gasteiger partial charge in [0.15, 0.2) is 0 Å². The van der Waals surface area contributed by atoms with Gasteiger partial charge in [-0.1, -0.05) is 27.7 Å². The van der Waals surface area contributed by atoms with Crippen molar-refractivity contribution in [1.29, 1.82) is 0 Å². The number of nitrogens with two attached hydrogens (primary N) is 1. The third kappa shape index (κ3) is 3.83. The van der Waals surface area contributed by atoms with Crippen molar-refractivity contribution >= 4 is 45.3 Å². The predicted octanol–water partition coefficient (Wildman–Crippen LogP) is 4.32. The quantitative estimate of drug-likeness (QED) is 0.852. The van der Waals surface area contributed by atoms with Crippen molar-refractivity contribution in [2.75, 3.05) is 11.5 Å². The van der Waals surface area contributed by atoms with Crippen LogP contribution in [0.2, 0.25) is 0 Å². The van der Waals surface area contributed by atoms with Gasteiger partial charge in [-0.05, 0) is 28.3 Å². The molecule has 0 amide bonds. The van der Waals surface area contributed by atoms with Gasteiger partial charge in [0.05, 0.1) is 15.4 Å². The van der Waals surface area contributed by atoms with E-state index in [0.717, 1.165) is 28.2 Å². The third-order valence-electron chi connectivity index (χ3n) is 3.40. The van der Waals surface area contributed by atoms with Gasteiger partial charge in [0.25, 0.3) is 0 Å². The maximum atomic E-state index is 6.05. The van der Waals surface area contributed by atoms with Crippen LogP contribution in [0.1, 0.15) is 44.5 Å².